The summed E-state index contributed by atoms with van der Waals surface area (Å²) >= 11 is 0. The Kier molecular flexibility index (Phi) is 7.57. The molecule has 1 aromatic rings. The van der Waals surface area contributed by atoms with Crippen molar-refractivity contribution in [2.75, 3.05) is 32.8 Å². The molecule has 6 heteroatoms. The van der Waals surface area contributed by atoms with Crippen molar-refractivity contribution in [3.8, 4) is 11.5 Å². The molecular formula is C19H28N2O4. The first-order chi connectivity index (χ1) is 12.2. The van der Waals surface area contributed by atoms with Crippen molar-refractivity contribution < 1.29 is 19.1 Å². The van der Waals surface area contributed by atoms with Crippen molar-refractivity contribution in [1.82, 2.24) is 10.2 Å². The van der Waals surface area contributed by atoms with E-state index in [0.717, 1.165) is 25.9 Å². The van der Waals surface area contributed by atoms with Crippen molar-refractivity contribution in [3.63, 3.8) is 0 Å². The Hall–Kier alpha value is -2.24. The number of carbonyl (C=O) groups is 2. The van der Waals surface area contributed by atoms with Gasteiger partial charge < -0.3 is 19.7 Å². The first-order valence-corrected chi connectivity index (χ1v) is 9.11. The molecule has 25 heavy (non-hydrogen) atoms. The number of ether oxygens (including phenoxy) is 2. The molecular weight excluding hydrogens is 320 g/mol. The van der Waals surface area contributed by atoms with E-state index in [9.17, 15) is 9.59 Å². The lowest BCUT2D eigenvalue weighted by molar-refractivity contribution is -0.130. The van der Waals surface area contributed by atoms with Gasteiger partial charge in [0.25, 0.3) is 5.91 Å². The monoisotopic (exact) mass is 348 g/mol. The van der Waals surface area contributed by atoms with E-state index in [1.165, 1.54) is 12.8 Å². The highest BCUT2D eigenvalue weighted by Crippen LogP contribution is 2.28. The Labute approximate surface area is 149 Å². The van der Waals surface area contributed by atoms with Gasteiger partial charge in [0.1, 0.15) is 0 Å². The topological polar surface area (TPSA) is 67.9 Å². The summed E-state index contributed by atoms with van der Waals surface area (Å²) in [5, 5.41) is 2.71. The Balaban J connectivity index is 1.95. The number of nitrogens with zero attached hydrogens (tertiary/aromatic N) is 1. The molecule has 1 aliphatic rings. The third-order valence-corrected chi connectivity index (χ3v) is 4.16. The molecule has 138 valence electrons. The number of rotatable bonds is 7. The maximum Gasteiger partial charge on any atom is 0.251 e. The van der Waals surface area contributed by atoms with E-state index in [1.54, 1.807) is 18.2 Å². The van der Waals surface area contributed by atoms with Gasteiger partial charge in [0.05, 0.1) is 19.8 Å². The minimum Gasteiger partial charge on any atom is -0.490 e. The molecule has 0 aliphatic carbocycles. The SMILES string of the molecule is CCOc1ccc(C(=O)NCC(=O)N2CCCCCC2)cc1OCC. The highest BCUT2D eigenvalue weighted by atomic mass is 16.5. The molecule has 0 aromatic heterocycles. The fraction of sp³-hybridized carbons (Fsp3) is 0.579. The molecule has 0 radical (unpaired) electrons. The fourth-order valence-corrected chi connectivity index (χ4v) is 2.88. The molecule has 1 aliphatic heterocycles. The normalized spacial score (nSPS) is 14.6. The van der Waals surface area contributed by atoms with Gasteiger partial charge in [-0.3, -0.25) is 9.59 Å². The van der Waals surface area contributed by atoms with Crippen LogP contribution < -0.4 is 14.8 Å². The van der Waals surface area contributed by atoms with Crippen LogP contribution in [0.2, 0.25) is 0 Å². The second-order valence-electron chi connectivity index (χ2n) is 6.01. The smallest absolute Gasteiger partial charge is 0.251 e. The van der Waals surface area contributed by atoms with Gasteiger partial charge in [-0.05, 0) is 44.9 Å². The van der Waals surface area contributed by atoms with E-state index in [2.05, 4.69) is 5.32 Å². The molecule has 1 aromatic carbocycles. The molecule has 1 saturated heterocycles. The summed E-state index contributed by atoms with van der Waals surface area (Å²) in [7, 11) is 0. The molecule has 2 amide bonds. The highest BCUT2D eigenvalue weighted by molar-refractivity contribution is 5.97. The fourth-order valence-electron chi connectivity index (χ4n) is 2.88. The first-order valence-electron chi connectivity index (χ1n) is 9.11. The molecule has 2 rings (SSSR count). The summed E-state index contributed by atoms with van der Waals surface area (Å²) < 4.78 is 11.0. The molecule has 0 spiro atoms. The van der Waals surface area contributed by atoms with E-state index >= 15 is 0 Å². The lowest BCUT2D eigenvalue weighted by Gasteiger charge is -2.20. The Morgan fingerprint density at radius 2 is 1.64 bits per heavy atom. The minimum atomic E-state index is -0.285. The molecule has 0 atom stereocenters. The summed E-state index contributed by atoms with van der Waals surface area (Å²) in [5.41, 5.74) is 0.454. The molecule has 1 heterocycles. The third-order valence-electron chi connectivity index (χ3n) is 4.16. The van der Waals surface area contributed by atoms with Crippen molar-refractivity contribution in [1.29, 1.82) is 0 Å². The second kappa shape index (κ2) is 9.91. The molecule has 6 nitrogen and oxygen atoms in total. The zero-order valence-corrected chi connectivity index (χ0v) is 15.2. The van der Waals surface area contributed by atoms with E-state index in [0.29, 0.717) is 30.3 Å². The maximum absolute atomic E-state index is 12.3. The standard InChI is InChI=1S/C19H28N2O4/c1-3-24-16-10-9-15(13-17(16)25-4-2)19(23)20-14-18(22)21-11-7-5-6-8-12-21/h9-10,13H,3-8,11-12,14H2,1-2H3,(H,20,23). The van der Waals surface area contributed by atoms with Crippen LogP contribution in [0.3, 0.4) is 0 Å². The van der Waals surface area contributed by atoms with Crippen LogP contribution in [0.15, 0.2) is 18.2 Å². The van der Waals surface area contributed by atoms with Crippen molar-refractivity contribution >= 4 is 11.8 Å². The van der Waals surface area contributed by atoms with Crippen LogP contribution in [-0.4, -0.2) is 49.6 Å². The Morgan fingerprint density at radius 3 is 2.28 bits per heavy atom. The lowest BCUT2D eigenvalue weighted by Crippen LogP contribution is -2.40. The van der Waals surface area contributed by atoms with Crippen LogP contribution in [-0.2, 0) is 4.79 Å². The van der Waals surface area contributed by atoms with E-state index in [4.69, 9.17) is 9.47 Å². The number of hydrogen-bond acceptors (Lipinski definition) is 4. The number of carbonyl (C=O) groups excluding carboxylic acids is 2. The van der Waals surface area contributed by atoms with Gasteiger partial charge in [-0.1, -0.05) is 12.8 Å². The molecule has 1 fully saturated rings. The zero-order chi connectivity index (χ0) is 18.1. The van der Waals surface area contributed by atoms with E-state index < -0.39 is 0 Å². The van der Waals surface area contributed by atoms with Gasteiger partial charge in [-0.2, -0.15) is 0 Å². The molecule has 0 bridgehead atoms. The predicted octanol–water partition coefficient (Wildman–Crippen LogP) is 2.62. The summed E-state index contributed by atoms with van der Waals surface area (Å²) in [6, 6.07) is 5.06. The quantitative estimate of drug-likeness (QED) is 0.822. The Morgan fingerprint density at radius 1 is 1.00 bits per heavy atom. The minimum absolute atomic E-state index is 0.0220. The highest BCUT2D eigenvalue weighted by Gasteiger charge is 2.17. The van der Waals surface area contributed by atoms with E-state index in [-0.39, 0.29) is 18.4 Å². The van der Waals surface area contributed by atoms with Crippen LogP contribution in [0, 0.1) is 0 Å². The van der Waals surface area contributed by atoms with Crippen LogP contribution in [0.4, 0.5) is 0 Å². The second-order valence-corrected chi connectivity index (χ2v) is 6.01. The number of nitrogens with one attached hydrogen (secondary N) is 1. The number of hydrogen-bond donors (Lipinski definition) is 1. The largest absolute Gasteiger partial charge is 0.490 e. The van der Waals surface area contributed by atoms with Crippen LogP contribution in [0.25, 0.3) is 0 Å². The van der Waals surface area contributed by atoms with Gasteiger partial charge in [0.15, 0.2) is 11.5 Å². The summed E-state index contributed by atoms with van der Waals surface area (Å²) in [4.78, 5) is 26.5. The van der Waals surface area contributed by atoms with Crippen molar-refractivity contribution in [3.05, 3.63) is 23.8 Å². The van der Waals surface area contributed by atoms with Gasteiger partial charge in [-0.15, -0.1) is 0 Å². The number of likely N-dealkylation sites (tertiary alicyclic amines) is 1. The Bertz CT molecular complexity index is 581. The van der Waals surface area contributed by atoms with Crippen LogP contribution in [0.1, 0.15) is 49.9 Å². The van der Waals surface area contributed by atoms with Gasteiger partial charge in [0.2, 0.25) is 5.91 Å². The van der Waals surface area contributed by atoms with E-state index in [1.807, 2.05) is 18.7 Å². The molecule has 0 saturated carbocycles. The van der Waals surface area contributed by atoms with Crippen LogP contribution in [0.5, 0.6) is 11.5 Å². The zero-order valence-electron chi connectivity index (χ0n) is 15.2. The van der Waals surface area contributed by atoms with Gasteiger partial charge >= 0.3 is 0 Å². The first kappa shape index (κ1) is 19.1. The maximum atomic E-state index is 12.3. The summed E-state index contributed by atoms with van der Waals surface area (Å²) in [5.74, 6) is 0.843. The third kappa shape index (κ3) is 5.66. The van der Waals surface area contributed by atoms with Gasteiger partial charge in [0, 0.05) is 18.7 Å². The van der Waals surface area contributed by atoms with Crippen molar-refractivity contribution in [2.24, 2.45) is 0 Å². The average molecular weight is 348 g/mol. The van der Waals surface area contributed by atoms with Gasteiger partial charge in [-0.25, -0.2) is 0 Å². The lowest BCUT2D eigenvalue weighted by atomic mass is 10.2. The average Bonchev–Trinajstić information content (AvgIpc) is 2.90. The number of benzene rings is 1. The molecule has 0 unspecified atom stereocenters. The number of amides is 2. The van der Waals surface area contributed by atoms with Crippen LogP contribution >= 0.6 is 0 Å². The summed E-state index contributed by atoms with van der Waals surface area (Å²) in [6.45, 7) is 6.37. The summed E-state index contributed by atoms with van der Waals surface area (Å²) in [6.07, 6.45) is 4.41. The predicted molar refractivity (Wildman–Crippen MR) is 96.2 cm³/mol. The molecule has 1 N–H and O–H groups in total. The van der Waals surface area contributed by atoms with Crippen molar-refractivity contribution in [2.45, 2.75) is 39.5 Å².